The summed E-state index contributed by atoms with van der Waals surface area (Å²) in [6.45, 7) is 0.363. The van der Waals surface area contributed by atoms with Gasteiger partial charge < -0.3 is 15.2 Å². The van der Waals surface area contributed by atoms with Crippen LogP contribution in [0, 0.1) is 0 Å². The summed E-state index contributed by atoms with van der Waals surface area (Å²) in [7, 11) is 0. The number of nitrogens with one attached hydrogen (secondary N) is 2. The molecule has 0 saturated heterocycles. The summed E-state index contributed by atoms with van der Waals surface area (Å²) in [5.74, 6) is 0.925. The maximum absolute atomic E-state index is 11.8. The van der Waals surface area contributed by atoms with Gasteiger partial charge in [0, 0.05) is 34.3 Å². The molecule has 128 valence electrons. The molecule has 3 rings (SSSR count). The smallest absolute Gasteiger partial charge is 0.319 e. The highest BCUT2D eigenvalue weighted by atomic mass is 35.5. The number of anilines is 1. The molecule has 2 amide bonds. The van der Waals surface area contributed by atoms with Gasteiger partial charge in [0.25, 0.3) is 0 Å². The minimum Gasteiger partial charge on any atom is -0.339 e. The second kappa shape index (κ2) is 8.00. The molecule has 25 heavy (non-hydrogen) atoms. The van der Waals surface area contributed by atoms with Crippen molar-refractivity contribution >= 4 is 34.9 Å². The van der Waals surface area contributed by atoms with Crippen LogP contribution in [0.1, 0.15) is 5.89 Å². The Balaban J connectivity index is 1.48. The zero-order chi connectivity index (χ0) is 17.6. The van der Waals surface area contributed by atoms with Crippen LogP contribution >= 0.6 is 23.2 Å². The third-order valence-electron chi connectivity index (χ3n) is 3.30. The Morgan fingerprint density at radius 2 is 1.64 bits per heavy atom. The van der Waals surface area contributed by atoms with E-state index in [1.807, 2.05) is 12.1 Å². The normalized spacial score (nSPS) is 10.5. The van der Waals surface area contributed by atoms with Gasteiger partial charge in [0.2, 0.25) is 11.7 Å². The van der Waals surface area contributed by atoms with Crippen molar-refractivity contribution in [3.05, 3.63) is 64.5 Å². The van der Waals surface area contributed by atoms with E-state index in [-0.39, 0.29) is 6.03 Å². The van der Waals surface area contributed by atoms with Crippen molar-refractivity contribution < 1.29 is 9.32 Å². The van der Waals surface area contributed by atoms with Crippen molar-refractivity contribution in [2.45, 2.75) is 6.42 Å². The highest BCUT2D eigenvalue weighted by molar-refractivity contribution is 6.30. The first-order valence-electron chi connectivity index (χ1n) is 7.49. The molecule has 2 N–H and O–H groups in total. The molecule has 0 fully saturated rings. The van der Waals surface area contributed by atoms with Crippen LogP contribution in [0.15, 0.2) is 53.1 Å². The monoisotopic (exact) mass is 376 g/mol. The van der Waals surface area contributed by atoms with Crippen molar-refractivity contribution in [1.82, 2.24) is 15.5 Å². The lowest BCUT2D eigenvalue weighted by Gasteiger charge is -2.06. The number of carbonyl (C=O) groups is 1. The van der Waals surface area contributed by atoms with Gasteiger partial charge in [-0.15, -0.1) is 0 Å². The maximum atomic E-state index is 11.8. The molecule has 0 aliphatic carbocycles. The van der Waals surface area contributed by atoms with Crippen molar-refractivity contribution in [2.24, 2.45) is 0 Å². The van der Waals surface area contributed by atoms with Crippen molar-refractivity contribution in [3.8, 4) is 11.4 Å². The predicted molar refractivity (Wildman–Crippen MR) is 96.9 cm³/mol. The standard InChI is InChI=1S/C17H14Cl2N4O2/c18-12-3-1-11(2-4-12)16-22-15(25-23-16)9-10-20-17(24)21-14-7-5-13(19)6-8-14/h1-8H,9-10H2,(H2,20,21,24). The molecule has 1 heterocycles. The molecule has 0 aliphatic heterocycles. The number of rotatable bonds is 5. The van der Waals surface area contributed by atoms with Gasteiger partial charge >= 0.3 is 6.03 Å². The van der Waals surface area contributed by atoms with Crippen molar-refractivity contribution in [3.63, 3.8) is 0 Å². The Morgan fingerprint density at radius 3 is 2.32 bits per heavy atom. The van der Waals surface area contributed by atoms with Crippen LogP contribution in [-0.4, -0.2) is 22.7 Å². The first-order chi connectivity index (χ1) is 12.1. The summed E-state index contributed by atoms with van der Waals surface area (Å²) >= 11 is 11.6. The van der Waals surface area contributed by atoms with Gasteiger partial charge in [0.05, 0.1) is 0 Å². The largest absolute Gasteiger partial charge is 0.339 e. The molecule has 8 heteroatoms. The number of hydrogen-bond acceptors (Lipinski definition) is 4. The lowest BCUT2D eigenvalue weighted by atomic mass is 10.2. The van der Waals surface area contributed by atoms with Crippen LogP contribution in [0.4, 0.5) is 10.5 Å². The summed E-state index contributed by atoms with van der Waals surface area (Å²) in [4.78, 5) is 16.1. The van der Waals surface area contributed by atoms with Crippen LogP contribution < -0.4 is 10.6 Å². The Kier molecular flexibility index (Phi) is 5.53. The highest BCUT2D eigenvalue weighted by Gasteiger charge is 2.09. The fourth-order valence-electron chi connectivity index (χ4n) is 2.06. The molecule has 0 bridgehead atoms. The zero-order valence-corrected chi connectivity index (χ0v) is 14.5. The Bertz CT molecular complexity index is 848. The SMILES string of the molecule is O=C(NCCc1nc(-c2ccc(Cl)cc2)no1)Nc1ccc(Cl)cc1. The first-order valence-corrected chi connectivity index (χ1v) is 8.25. The molecule has 0 spiro atoms. The minimum atomic E-state index is -0.320. The molecule has 0 saturated carbocycles. The van der Waals surface area contributed by atoms with E-state index in [1.54, 1.807) is 36.4 Å². The first kappa shape index (κ1) is 17.3. The van der Waals surface area contributed by atoms with E-state index in [2.05, 4.69) is 20.8 Å². The molecule has 0 atom stereocenters. The number of nitrogens with zero attached hydrogens (tertiary/aromatic N) is 2. The van der Waals surface area contributed by atoms with Gasteiger partial charge in [-0.2, -0.15) is 4.98 Å². The second-order valence-corrected chi connectivity index (χ2v) is 6.03. The second-order valence-electron chi connectivity index (χ2n) is 5.16. The molecular formula is C17H14Cl2N4O2. The van der Waals surface area contributed by atoms with E-state index in [0.717, 1.165) is 5.56 Å². The van der Waals surface area contributed by atoms with Gasteiger partial charge in [0.1, 0.15) is 0 Å². The highest BCUT2D eigenvalue weighted by Crippen LogP contribution is 2.18. The van der Waals surface area contributed by atoms with Gasteiger partial charge in [-0.1, -0.05) is 28.4 Å². The zero-order valence-electron chi connectivity index (χ0n) is 13.0. The van der Waals surface area contributed by atoms with E-state index in [9.17, 15) is 4.79 Å². The molecular weight excluding hydrogens is 363 g/mol. The van der Waals surface area contributed by atoms with E-state index >= 15 is 0 Å². The predicted octanol–water partition coefficient (Wildman–Crippen LogP) is 4.41. The average Bonchev–Trinajstić information content (AvgIpc) is 3.06. The van der Waals surface area contributed by atoms with E-state index in [0.29, 0.717) is 40.4 Å². The van der Waals surface area contributed by atoms with Crippen LogP contribution in [0.3, 0.4) is 0 Å². The Morgan fingerprint density at radius 1 is 1.00 bits per heavy atom. The van der Waals surface area contributed by atoms with Gasteiger partial charge in [-0.05, 0) is 48.5 Å². The van der Waals surface area contributed by atoms with E-state index < -0.39 is 0 Å². The quantitative estimate of drug-likeness (QED) is 0.690. The average molecular weight is 377 g/mol. The number of urea groups is 1. The molecule has 2 aromatic carbocycles. The number of hydrogen-bond donors (Lipinski definition) is 2. The third kappa shape index (κ3) is 4.95. The van der Waals surface area contributed by atoms with Gasteiger partial charge in [0.15, 0.2) is 0 Å². The fraction of sp³-hybridized carbons (Fsp3) is 0.118. The summed E-state index contributed by atoms with van der Waals surface area (Å²) in [6.07, 6.45) is 0.425. The molecule has 0 unspecified atom stereocenters. The van der Waals surface area contributed by atoms with Crippen molar-refractivity contribution in [1.29, 1.82) is 0 Å². The van der Waals surface area contributed by atoms with E-state index in [1.165, 1.54) is 0 Å². The van der Waals surface area contributed by atoms with Crippen molar-refractivity contribution in [2.75, 3.05) is 11.9 Å². The number of amides is 2. The van der Waals surface area contributed by atoms with Gasteiger partial charge in [-0.25, -0.2) is 4.79 Å². The topological polar surface area (TPSA) is 80.1 Å². The van der Waals surface area contributed by atoms with Crippen LogP contribution in [0.5, 0.6) is 0 Å². The van der Waals surface area contributed by atoms with Gasteiger partial charge in [-0.3, -0.25) is 0 Å². The lowest BCUT2D eigenvalue weighted by molar-refractivity contribution is 0.252. The molecule has 0 aliphatic rings. The molecule has 1 aromatic heterocycles. The lowest BCUT2D eigenvalue weighted by Crippen LogP contribution is -2.30. The summed E-state index contributed by atoms with van der Waals surface area (Å²) < 4.78 is 5.18. The van der Waals surface area contributed by atoms with Crippen LogP contribution in [0.25, 0.3) is 11.4 Å². The number of aromatic nitrogens is 2. The number of halogens is 2. The number of carbonyl (C=O) groups excluding carboxylic acids is 1. The summed E-state index contributed by atoms with van der Waals surface area (Å²) in [6, 6.07) is 13.7. The molecule has 3 aromatic rings. The van der Waals surface area contributed by atoms with E-state index in [4.69, 9.17) is 27.7 Å². The Labute approximate surface area is 154 Å². The van der Waals surface area contributed by atoms with Crippen LogP contribution in [-0.2, 0) is 6.42 Å². The molecule has 0 radical (unpaired) electrons. The maximum Gasteiger partial charge on any atom is 0.319 e. The Hall–Kier alpha value is -2.57. The number of benzene rings is 2. The minimum absolute atomic E-state index is 0.320. The third-order valence-corrected chi connectivity index (χ3v) is 3.80. The summed E-state index contributed by atoms with van der Waals surface area (Å²) in [5, 5.41) is 10.6. The van der Waals surface area contributed by atoms with Crippen LogP contribution in [0.2, 0.25) is 10.0 Å². The molecule has 6 nitrogen and oxygen atoms in total. The summed E-state index contributed by atoms with van der Waals surface area (Å²) in [5.41, 5.74) is 1.47. The fourth-order valence-corrected chi connectivity index (χ4v) is 2.32.